The van der Waals surface area contributed by atoms with Gasteiger partial charge < -0.3 is 9.73 Å². The number of hydrogen-bond donors (Lipinski definition) is 1. The molecule has 0 radical (unpaired) electrons. The van der Waals surface area contributed by atoms with Gasteiger partial charge in [0.25, 0.3) is 5.56 Å². The molecular formula is C21H21N5O3S. The van der Waals surface area contributed by atoms with Crippen molar-refractivity contribution < 1.29 is 9.21 Å². The molecule has 0 unspecified atom stereocenters. The summed E-state index contributed by atoms with van der Waals surface area (Å²) in [5.41, 5.74) is 1.62. The Labute approximate surface area is 176 Å². The van der Waals surface area contributed by atoms with E-state index in [9.17, 15) is 9.59 Å². The van der Waals surface area contributed by atoms with Gasteiger partial charge in [0.05, 0.1) is 31.3 Å². The highest BCUT2D eigenvalue weighted by molar-refractivity contribution is 7.99. The molecule has 1 aromatic carbocycles. The second-order valence-electron chi connectivity index (χ2n) is 6.63. The summed E-state index contributed by atoms with van der Waals surface area (Å²) in [7, 11) is 0. The fourth-order valence-electron chi connectivity index (χ4n) is 2.98. The Morgan fingerprint density at radius 3 is 2.77 bits per heavy atom. The van der Waals surface area contributed by atoms with Crippen LogP contribution in [0.4, 0.5) is 0 Å². The topological polar surface area (TPSA) is 95.0 Å². The van der Waals surface area contributed by atoms with E-state index >= 15 is 0 Å². The second kappa shape index (κ2) is 9.00. The molecule has 8 nitrogen and oxygen atoms in total. The number of carbonyl (C=O) groups excluding carboxylic acids is 1. The molecule has 0 aliphatic carbocycles. The van der Waals surface area contributed by atoms with E-state index in [0.29, 0.717) is 41.6 Å². The zero-order valence-electron chi connectivity index (χ0n) is 16.4. The first-order chi connectivity index (χ1) is 14.6. The van der Waals surface area contributed by atoms with Crippen molar-refractivity contribution in [2.75, 3.05) is 5.75 Å². The van der Waals surface area contributed by atoms with Gasteiger partial charge in [-0.25, -0.2) is 4.98 Å². The molecule has 1 amide bonds. The number of hydrogen-bond acceptors (Lipinski definition) is 6. The van der Waals surface area contributed by atoms with Crippen molar-refractivity contribution >= 4 is 28.7 Å². The van der Waals surface area contributed by atoms with E-state index in [1.165, 1.54) is 11.8 Å². The fourth-order valence-corrected chi connectivity index (χ4v) is 3.81. The van der Waals surface area contributed by atoms with Crippen LogP contribution < -0.4 is 10.9 Å². The van der Waals surface area contributed by atoms with E-state index in [2.05, 4.69) is 15.4 Å². The Bertz CT molecular complexity index is 1200. The molecule has 154 valence electrons. The first-order valence-corrected chi connectivity index (χ1v) is 10.6. The fraction of sp³-hybridized carbons (Fsp3) is 0.238. The molecule has 4 aromatic rings. The van der Waals surface area contributed by atoms with Crippen LogP contribution in [0.2, 0.25) is 0 Å². The van der Waals surface area contributed by atoms with E-state index in [1.54, 1.807) is 33.8 Å². The molecule has 3 aromatic heterocycles. The van der Waals surface area contributed by atoms with Gasteiger partial charge >= 0.3 is 0 Å². The van der Waals surface area contributed by atoms with Crippen LogP contribution in [0.5, 0.6) is 0 Å². The van der Waals surface area contributed by atoms with E-state index in [-0.39, 0.29) is 17.2 Å². The molecule has 0 aliphatic heterocycles. The lowest BCUT2D eigenvalue weighted by atomic mass is 10.2. The number of rotatable bonds is 8. The largest absolute Gasteiger partial charge is 0.467 e. The maximum Gasteiger partial charge on any atom is 0.282 e. The Morgan fingerprint density at radius 1 is 1.20 bits per heavy atom. The average Bonchev–Trinajstić information content (AvgIpc) is 3.43. The van der Waals surface area contributed by atoms with Crippen molar-refractivity contribution in [2.24, 2.45) is 0 Å². The van der Waals surface area contributed by atoms with Gasteiger partial charge in [-0.15, -0.1) is 0 Å². The minimum Gasteiger partial charge on any atom is -0.467 e. The van der Waals surface area contributed by atoms with Gasteiger partial charge in [-0.2, -0.15) is 5.10 Å². The minimum atomic E-state index is -0.213. The van der Waals surface area contributed by atoms with Crippen LogP contribution in [-0.4, -0.2) is 31.0 Å². The molecule has 0 bridgehead atoms. The lowest BCUT2D eigenvalue weighted by Gasteiger charge is -2.11. The summed E-state index contributed by atoms with van der Waals surface area (Å²) < 4.78 is 8.49. The third-order valence-corrected chi connectivity index (χ3v) is 5.49. The monoisotopic (exact) mass is 423 g/mol. The molecular weight excluding hydrogens is 402 g/mol. The van der Waals surface area contributed by atoms with Crippen molar-refractivity contribution in [3.8, 4) is 0 Å². The maximum atomic E-state index is 13.1. The predicted octanol–water partition coefficient (Wildman–Crippen LogP) is 2.66. The molecule has 0 atom stereocenters. The summed E-state index contributed by atoms with van der Waals surface area (Å²) >= 11 is 1.23. The number of amides is 1. The van der Waals surface area contributed by atoms with Gasteiger partial charge in [-0.3, -0.25) is 18.8 Å². The van der Waals surface area contributed by atoms with Crippen molar-refractivity contribution in [3.63, 3.8) is 0 Å². The van der Waals surface area contributed by atoms with Crippen LogP contribution >= 0.6 is 11.8 Å². The molecule has 0 saturated heterocycles. The van der Waals surface area contributed by atoms with Gasteiger partial charge in [-0.1, -0.05) is 42.1 Å². The molecule has 1 N–H and O–H groups in total. The van der Waals surface area contributed by atoms with Crippen LogP contribution in [0.15, 0.2) is 69.3 Å². The lowest BCUT2D eigenvalue weighted by Crippen LogP contribution is -2.27. The van der Waals surface area contributed by atoms with Gasteiger partial charge in [0.2, 0.25) is 5.91 Å². The predicted molar refractivity (Wildman–Crippen MR) is 114 cm³/mol. The molecule has 0 aliphatic rings. The highest BCUT2D eigenvalue weighted by Crippen LogP contribution is 2.18. The highest BCUT2D eigenvalue weighted by Gasteiger charge is 2.16. The lowest BCUT2D eigenvalue weighted by molar-refractivity contribution is -0.118. The smallest absolute Gasteiger partial charge is 0.282 e. The summed E-state index contributed by atoms with van der Waals surface area (Å²) in [5, 5.41) is 7.64. The summed E-state index contributed by atoms with van der Waals surface area (Å²) in [6, 6.07) is 13.2. The Kier molecular flexibility index (Phi) is 5.99. The number of aromatic nitrogens is 4. The van der Waals surface area contributed by atoms with E-state index in [4.69, 9.17) is 4.42 Å². The van der Waals surface area contributed by atoms with Crippen LogP contribution in [-0.2, 0) is 24.4 Å². The number of benzene rings is 1. The Balaban J connectivity index is 1.58. The van der Waals surface area contributed by atoms with E-state index in [0.717, 1.165) is 5.56 Å². The molecule has 0 spiro atoms. The highest BCUT2D eigenvalue weighted by atomic mass is 32.2. The molecule has 3 heterocycles. The van der Waals surface area contributed by atoms with Crippen molar-refractivity contribution in [1.82, 2.24) is 24.6 Å². The Morgan fingerprint density at radius 2 is 2.03 bits per heavy atom. The standard InChI is InChI=1S/C21H21N5O3S/c1-2-25-13-17-19(24-25)20(28)26(12-15-7-4-3-5-8-15)21(23-17)30-14-18(27)22-11-16-9-6-10-29-16/h3-10,13H,2,11-12,14H2,1H3,(H,22,27). The first kappa shape index (κ1) is 20.0. The number of carbonyl (C=O) groups is 1. The average molecular weight is 423 g/mol. The summed E-state index contributed by atoms with van der Waals surface area (Å²) in [6.07, 6.45) is 3.32. The number of nitrogens with one attached hydrogen (secondary N) is 1. The van der Waals surface area contributed by atoms with Crippen molar-refractivity contribution in [1.29, 1.82) is 0 Å². The third-order valence-electron chi connectivity index (χ3n) is 4.52. The number of nitrogens with zero attached hydrogens (tertiary/aromatic N) is 4. The SMILES string of the molecule is CCn1cc2nc(SCC(=O)NCc3ccco3)n(Cc3ccccc3)c(=O)c2n1. The minimum absolute atomic E-state index is 0.134. The van der Waals surface area contributed by atoms with Crippen molar-refractivity contribution in [3.05, 3.63) is 76.6 Å². The van der Waals surface area contributed by atoms with Crippen LogP contribution in [0.1, 0.15) is 18.2 Å². The van der Waals surface area contributed by atoms with Gasteiger partial charge in [0.1, 0.15) is 11.3 Å². The summed E-state index contributed by atoms with van der Waals surface area (Å²) in [6.45, 7) is 3.27. The number of furan rings is 1. The molecule has 30 heavy (non-hydrogen) atoms. The van der Waals surface area contributed by atoms with E-state index < -0.39 is 0 Å². The number of thioether (sulfide) groups is 1. The van der Waals surface area contributed by atoms with Gasteiger partial charge in [0.15, 0.2) is 10.7 Å². The summed E-state index contributed by atoms with van der Waals surface area (Å²) in [4.78, 5) is 30.0. The molecule has 0 saturated carbocycles. The Hall–Kier alpha value is -3.33. The molecule has 9 heteroatoms. The zero-order valence-corrected chi connectivity index (χ0v) is 17.3. The third kappa shape index (κ3) is 4.46. The number of aryl methyl sites for hydroxylation is 1. The first-order valence-electron chi connectivity index (χ1n) is 9.58. The molecule has 0 fully saturated rings. The van der Waals surface area contributed by atoms with Gasteiger partial charge in [-0.05, 0) is 24.6 Å². The van der Waals surface area contributed by atoms with Crippen LogP contribution in [0.25, 0.3) is 11.0 Å². The van der Waals surface area contributed by atoms with Crippen molar-refractivity contribution in [2.45, 2.75) is 31.7 Å². The maximum absolute atomic E-state index is 13.1. The zero-order chi connectivity index (χ0) is 20.9. The molecule has 4 rings (SSSR count). The van der Waals surface area contributed by atoms with Crippen LogP contribution in [0.3, 0.4) is 0 Å². The number of fused-ring (bicyclic) bond motifs is 1. The quantitative estimate of drug-likeness (QED) is 0.346. The summed E-state index contributed by atoms with van der Waals surface area (Å²) in [5.74, 6) is 0.650. The van der Waals surface area contributed by atoms with Crippen LogP contribution in [0, 0.1) is 0 Å². The van der Waals surface area contributed by atoms with Gasteiger partial charge in [0, 0.05) is 6.54 Å². The van der Waals surface area contributed by atoms with E-state index in [1.807, 2.05) is 37.3 Å². The second-order valence-corrected chi connectivity index (χ2v) is 7.58. The normalized spacial score (nSPS) is 11.1.